The quantitative estimate of drug-likeness (QED) is 0.422. The summed E-state index contributed by atoms with van der Waals surface area (Å²) >= 11 is 0. The molecule has 0 fully saturated rings. The van der Waals surface area contributed by atoms with Crippen LogP contribution in [0.1, 0.15) is 29.9 Å². The molecule has 2 aromatic carbocycles. The summed E-state index contributed by atoms with van der Waals surface area (Å²) < 4.78 is 10.7. The SMILES string of the molecule is CC(C)C(NC(=O)c1cc2c(cn1)[nH]c1ccccc12)C(=O)NCc1ccc2c(c1)OCO2. The fraction of sp³-hybridized carbons (Fsp3) is 0.240. The van der Waals surface area contributed by atoms with Crippen molar-refractivity contribution >= 4 is 33.6 Å². The Balaban J connectivity index is 1.29. The monoisotopic (exact) mass is 444 g/mol. The van der Waals surface area contributed by atoms with Gasteiger partial charge in [0.05, 0.1) is 11.7 Å². The summed E-state index contributed by atoms with van der Waals surface area (Å²) in [6.45, 7) is 4.29. The van der Waals surface area contributed by atoms with Crippen LogP contribution < -0.4 is 20.1 Å². The summed E-state index contributed by atoms with van der Waals surface area (Å²) in [7, 11) is 0. The molecule has 1 aliphatic heterocycles. The Kier molecular flexibility index (Phi) is 5.34. The van der Waals surface area contributed by atoms with Crippen LogP contribution in [-0.2, 0) is 11.3 Å². The van der Waals surface area contributed by atoms with E-state index in [1.807, 2.05) is 56.3 Å². The summed E-state index contributed by atoms with van der Waals surface area (Å²) in [6, 6.07) is 14.5. The van der Waals surface area contributed by atoms with Gasteiger partial charge in [-0.3, -0.25) is 9.59 Å². The lowest BCUT2D eigenvalue weighted by Gasteiger charge is -2.21. The minimum atomic E-state index is -0.702. The standard InChI is InChI=1S/C25H24N4O4/c1-14(2)23(25(31)27-11-15-7-8-21-22(9-15)33-13-32-21)29-24(30)19-10-17-16-5-3-4-6-18(16)28-20(17)12-26-19/h3-10,12,14,23,28H,11,13H2,1-2H3,(H,27,31)(H,29,30). The molecule has 1 aliphatic rings. The fourth-order valence-corrected chi connectivity index (χ4v) is 3.97. The fourth-order valence-electron chi connectivity index (χ4n) is 3.97. The van der Waals surface area contributed by atoms with E-state index in [0.717, 1.165) is 27.4 Å². The molecule has 3 N–H and O–H groups in total. The Morgan fingerprint density at radius 1 is 1.03 bits per heavy atom. The average molecular weight is 444 g/mol. The minimum absolute atomic E-state index is 0.109. The highest BCUT2D eigenvalue weighted by Gasteiger charge is 2.25. The van der Waals surface area contributed by atoms with Crippen molar-refractivity contribution in [2.24, 2.45) is 5.92 Å². The number of aromatic nitrogens is 2. The van der Waals surface area contributed by atoms with Gasteiger partial charge < -0.3 is 25.1 Å². The van der Waals surface area contributed by atoms with Crippen LogP contribution in [0.4, 0.5) is 0 Å². The second-order valence-corrected chi connectivity index (χ2v) is 8.39. The van der Waals surface area contributed by atoms with Crippen LogP contribution >= 0.6 is 0 Å². The van der Waals surface area contributed by atoms with Gasteiger partial charge in [-0.25, -0.2) is 4.98 Å². The van der Waals surface area contributed by atoms with E-state index < -0.39 is 6.04 Å². The van der Waals surface area contributed by atoms with Gasteiger partial charge in [0.25, 0.3) is 5.91 Å². The van der Waals surface area contributed by atoms with Gasteiger partial charge in [0.1, 0.15) is 11.7 Å². The lowest BCUT2D eigenvalue weighted by atomic mass is 10.0. The van der Waals surface area contributed by atoms with Crippen molar-refractivity contribution < 1.29 is 19.1 Å². The number of carbonyl (C=O) groups excluding carboxylic acids is 2. The number of ether oxygens (including phenoxy) is 2. The van der Waals surface area contributed by atoms with Gasteiger partial charge in [-0.15, -0.1) is 0 Å². The summed E-state index contributed by atoms with van der Waals surface area (Å²) in [5.74, 6) is 0.595. The largest absolute Gasteiger partial charge is 0.454 e. The predicted octanol–water partition coefficient (Wildman–Crippen LogP) is 3.52. The first kappa shape index (κ1) is 20.8. The Bertz CT molecular complexity index is 1360. The number of rotatable bonds is 6. The molecule has 0 radical (unpaired) electrons. The number of fused-ring (bicyclic) bond motifs is 4. The normalized spacial score (nSPS) is 13.4. The number of H-pyrrole nitrogens is 1. The molecule has 33 heavy (non-hydrogen) atoms. The van der Waals surface area contributed by atoms with Crippen molar-refractivity contribution in [3.8, 4) is 11.5 Å². The number of pyridine rings is 1. The number of carbonyl (C=O) groups is 2. The van der Waals surface area contributed by atoms with Crippen molar-refractivity contribution in [2.75, 3.05) is 6.79 Å². The molecular weight excluding hydrogens is 420 g/mol. The number of nitrogens with one attached hydrogen (secondary N) is 3. The zero-order chi connectivity index (χ0) is 22.9. The molecule has 0 saturated carbocycles. The van der Waals surface area contributed by atoms with E-state index in [2.05, 4.69) is 20.6 Å². The minimum Gasteiger partial charge on any atom is -0.454 e. The zero-order valence-corrected chi connectivity index (χ0v) is 18.3. The van der Waals surface area contributed by atoms with Gasteiger partial charge in [0.15, 0.2) is 11.5 Å². The molecule has 2 amide bonds. The highest BCUT2D eigenvalue weighted by atomic mass is 16.7. The van der Waals surface area contributed by atoms with Crippen molar-refractivity contribution in [3.63, 3.8) is 0 Å². The maximum atomic E-state index is 13.0. The molecule has 2 aromatic heterocycles. The molecule has 1 atom stereocenters. The van der Waals surface area contributed by atoms with E-state index in [1.165, 1.54) is 0 Å². The number of amides is 2. The van der Waals surface area contributed by atoms with Crippen LogP contribution in [0.15, 0.2) is 54.7 Å². The summed E-state index contributed by atoms with van der Waals surface area (Å²) in [4.78, 5) is 33.5. The van der Waals surface area contributed by atoms with Crippen molar-refractivity contribution in [3.05, 3.63) is 66.0 Å². The van der Waals surface area contributed by atoms with E-state index in [0.29, 0.717) is 18.0 Å². The third-order valence-electron chi connectivity index (χ3n) is 5.76. The molecule has 0 bridgehead atoms. The van der Waals surface area contributed by atoms with Crippen LogP contribution in [0, 0.1) is 5.92 Å². The summed E-state index contributed by atoms with van der Waals surface area (Å²) in [5.41, 5.74) is 2.98. The van der Waals surface area contributed by atoms with E-state index in [4.69, 9.17) is 9.47 Å². The molecule has 8 nitrogen and oxygen atoms in total. The first-order chi connectivity index (χ1) is 16.0. The third kappa shape index (κ3) is 4.07. The Labute approximate surface area is 190 Å². The van der Waals surface area contributed by atoms with Gasteiger partial charge in [-0.05, 0) is 35.7 Å². The smallest absolute Gasteiger partial charge is 0.270 e. The van der Waals surface area contributed by atoms with Gasteiger partial charge >= 0.3 is 0 Å². The number of hydrogen-bond acceptors (Lipinski definition) is 5. The zero-order valence-electron chi connectivity index (χ0n) is 18.3. The topological polar surface area (TPSA) is 105 Å². The van der Waals surface area contributed by atoms with E-state index in [1.54, 1.807) is 12.3 Å². The van der Waals surface area contributed by atoms with E-state index in [-0.39, 0.29) is 30.2 Å². The summed E-state index contributed by atoms with van der Waals surface area (Å²) in [5, 5.41) is 7.68. The van der Waals surface area contributed by atoms with Crippen LogP contribution in [-0.4, -0.2) is 34.6 Å². The highest BCUT2D eigenvalue weighted by molar-refractivity contribution is 6.09. The lowest BCUT2D eigenvalue weighted by molar-refractivity contribution is -0.124. The van der Waals surface area contributed by atoms with Crippen LogP contribution in [0.25, 0.3) is 21.8 Å². The van der Waals surface area contributed by atoms with Gasteiger partial charge in [0, 0.05) is 22.8 Å². The Hall–Kier alpha value is -4.07. The highest BCUT2D eigenvalue weighted by Crippen LogP contribution is 2.32. The number of hydrogen-bond donors (Lipinski definition) is 3. The Morgan fingerprint density at radius 2 is 1.85 bits per heavy atom. The molecule has 4 aromatic rings. The first-order valence-electron chi connectivity index (χ1n) is 10.8. The molecule has 168 valence electrons. The molecule has 5 rings (SSSR count). The van der Waals surface area contributed by atoms with E-state index in [9.17, 15) is 9.59 Å². The van der Waals surface area contributed by atoms with Gasteiger partial charge in [-0.1, -0.05) is 38.1 Å². The number of para-hydroxylation sites is 1. The number of nitrogens with zero attached hydrogens (tertiary/aromatic N) is 1. The molecule has 0 saturated heterocycles. The molecule has 3 heterocycles. The third-order valence-corrected chi connectivity index (χ3v) is 5.76. The molecular formula is C25H24N4O4. The predicted molar refractivity (Wildman–Crippen MR) is 124 cm³/mol. The van der Waals surface area contributed by atoms with Gasteiger partial charge in [0.2, 0.25) is 12.7 Å². The molecule has 1 unspecified atom stereocenters. The molecule has 8 heteroatoms. The average Bonchev–Trinajstić information content (AvgIpc) is 3.44. The van der Waals surface area contributed by atoms with Crippen LogP contribution in [0.3, 0.4) is 0 Å². The maximum absolute atomic E-state index is 13.0. The lowest BCUT2D eigenvalue weighted by Crippen LogP contribution is -2.49. The first-order valence-corrected chi connectivity index (χ1v) is 10.8. The molecule has 0 aliphatic carbocycles. The van der Waals surface area contributed by atoms with Crippen molar-refractivity contribution in [2.45, 2.75) is 26.4 Å². The van der Waals surface area contributed by atoms with Gasteiger partial charge in [-0.2, -0.15) is 0 Å². The molecule has 0 spiro atoms. The van der Waals surface area contributed by atoms with Crippen LogP contribution in [0.2, 0.25) is 0 Å². The second-order valence-electron chi connectivity index (χ2n) is 8.39. The van der Waals surface area contributed by atoms with Crippen molar-refractivity contribution in [1.29, 1.82) is 0 Å². The number of aromatic amines is 1. The Morgan fingerprint density at radius 3 is 2.70 bits per heavy atom. The van der Waals surface area contributed by atoms with E-state index >= 15 is 0 Å². The van der Waals surface area contributed by atoms with Crippen LogP contribution in [0.5, 0.6) is 11.5 Å². The van der Waals surface area contributed by atoms with Crippen molar-refractivity contribution in [1.82, 2.24) is 20.6 Å². The number of benzene rings is 2. The summed E-state index contributed by atoms with van der Waals surface area (Å²) in [6.07, 6.45) is 1.65. The second kappa shape index (κ2) is 8.46. The maximum Gasteiger partial charge on any atom is 0.270 e.